The summed E-state index contributed by atoms with van der Waals surface area (Å²) in [5.74, 6) is 1.15. The van der Waals surface area contributed by atoms with Gasteiger partial charge in [0.05, 0.1) is 15.6 Å². The molecule has 1 aromatic heterocycles. The summed E-state index contributed by atoms with van der Waals surface area (Å²) >= 11 is 12.2. The third-order valence-corrected chi connectivity index (χ3v) is 5.01. The first-order valence-electron chi connectivity index (χ1n) is 8.34. The molecular weight excluding hydrogens is 359 g/mol. The molecule has 0 atom stereocenters. The lowest BCUT2D eigenvalue weighted by Gasteiger charge is -2.30. The molecule has 0 aliphatic carbocycles. The SMILES string of the molecule is CC1CCN(C(=O)c2cncc(COc3c(Cl)cccc3Cl)c2)CC1. The van der Waals surface area contributed by atoms with Gasteiger partial charge in [0.2, 0.25) is 0 Å². The van der Waals surface area contributed by atoms with Gasteiger partial charge in [-0.1, -0.05) is 36.2 Å². The standard InChI is InChI=1S/C19H20Cl2N2O2/c1-13-5-7-23(8-6-13)19(24)15-9-14(10-22-11-15)12-25-18-16(20)3-2-4-17(18)21/h2-4,9-11,13H,5-8,12H2,1H3. The van der Waals surface area contributed by atoms with Crippen LogP contribution in [0, 0.1) is 5.92 Å². The van der Waals surface area contributed by atoms with E-state index < -0.39 is 0 Å². The fourth-order valence-corrected chi connectivity index (χ4v) is 3.36. The Morgan fingerprint density at radius 3 is 2.60 bits per heavy atom. The van der Waals surface area contributed by atoms with Crippen molar-refractivity contribution in [2.45, 2.75) is 26.4 Å². The predicted octanol–water partition coefficient (Wildman–Crippen LogP) is 4.84. The van der Waals surface area contributed by atoms with E-state index in [0.29, 0.717) is 27.3 Å². The van der Waals surface area contributed by atoms with Gasteiger partial charge in [0, 0.05) is 31.0 Å². The van der Waals surface area contributed by atoms with E-state index >= 15 is 0 Å². The van der Waals surface area contributed by atoms with Crippen molar-refractivity contribution in [1.82, 2.24) is 9.88 Å². The quantitative estimate of drug-likeness (QED) is 0.764. The Balaban J connectivity index is 1.68. The van der Waals surface area contributed by atoms with Gasteiger partial charge in [0.15, 0.2) is 5.75 Å². The van der Waals surface area contributed by atoms with Gasteiger partial charge in [-0.2, -0.15) is 0 Å². The number of halogens is 2. The molecule has 3 rings (SSSR count). The third-order valence-electron chi connectivity index (χ3n) is 4.41. The summed E-state index contributed by atoms with van der Waals surface area (Å²) in [6.07, 6.45) is 5.38. The number of nitrogens with zero attached hydrogens (tertiary/aromatic N) is 2. The Bertz CT molecular complexity index is 739. The van der Waals surface area contributed by atoms with Crippen molar-refractivity contribution in [3.05, 3.63) is 57.8 Å². The average Bonchev–Trinajstić information content (AvgIpc) is 2.62. The molecule has 6 heteroatoms. The highest BCUT2D eigenvalue weighted by molar-refractivity contribution is 6.37. The molecule has 0 spiro atoms. The summed E-state index contributed by atoms with van der Waals surface area (Å²) in [4.78, 5) is 18.7. The van der Waals surface area contributed by atoms with Crippen LogP contribution < -0.4 is 4.74 Å². The summed E-state index contributed by atoms with van der Waals surface area (Å²) in [5, 5.41) is 0.908. The van der Waals surface area contributed by atoms with Gasteiger partial charge in [0.25, 0.3) is 5.91 Å². The zero-order valence-electron chi connectivity index (χ0n) is 14.0. The molecule has 1 saturated heterocycles. The number of carbonyl (C=O) groups excluding carboxylic acids is 1. The number of benzene rings is 1. The van der Waals surface area contributed by atoms with Gasteiger partial charge in [-0.05, 0) is 37.0 Å². The largest absolute Gasteiger partial charge is 0.486 e. The molecule has 0 saturated carbocycles. The summed E-state index contributed by atoms with van der Waals surface area (Å²) < 4.78 is 5.72. The molecule has 1 amide bonds. The monoisotopic (exact) mass is 378 g/mol. The van der Waals surface area contributed by atoms with Crippen molar-refractivity contribution in [2.24, 2.45) is 5.92 Å². The molecule has 1 aliphatic heterocycles. The van der Waals surface area contributed by atoms with Crippen LogP contribution in [0.2, 0.25) is 10.0 Å². The number of carbonyl (C=O) groups is 1. The third kappa shape index (κ3) is 4.44. The summed E-state index contributed by atoms with van der Waals surface area (Å²) in [6, 6.07) is 7.02. The van der Waals surface area contributed by atoms with Gasteiger partial charge < -0.3 is 9.64 Å². The summed E-state index contributed by atoms with van der Waals surface area (Å²) in [6.45, 7) is 4.07. The zero-order valence-corrected chi connectivity index (χ0v) is 15.6. The lowest BCUT2D eigenvalue weighted by Crippen LogP contribution is -2.38. The topological polar surface area (TPSA) is 42.4 Å². The van der Waals surface area contributed by atoms with Gasteiger partial charge >= 0.3 is 0 Å². The van der Waals surface area contributed by atoms with Crippen LogP contribution in [-0.4, -0.2) is 28.9 Å². The molecule has 0 unspecified atom stereocenters. The van der Waals surface area contributed by atoms with E-state index in [1.54, 1.807) is 30.6 Å². The molecule has 0 bridgehead atoms. The predicted molar refractivity (Wildman–Crippen MR) is 99.3 cm³/mol. The molecule has 1 fully saturated rings. The Morgan fingerprint density at radius 1 is 1.24 bits per heavy atom. The van der Waals surface area contributed by atoms with Crippen LogP contribution in [0.3, 0.4) is 0 Å². The highest BCUT2D eigenvalue weighted by Crippen LogP contribution is 2.32. The van der Waals surface area contributed by atoms with E-state index in [0.717, 1.165) is 31.5 Å². The van der Waals surface area contributed by atoms with E-state index in [1.165, 1.54) is 0 Å². The van der Waals surface area contributed by atoms with E-state index in [2.05, 4.69) is 11.9 Å². The number of piperidine rings is 1. The fraction of sp³-hybridized carbons (Fsp3) is 0.368. The number of ether oxygens (including phenoxy) is 1. The van der Waals surface area contributed by atoms with E-state index in [4.69, 9.17) is 27.9 Å². The lowest BCUT2D eigenvalue weighted by atomic mass is 9.99. The number of para-hydroxylation sites is 1. The van der Waals surface area contributed by atoms with Crippen LogP contribution in [0.4, 0.5) is 0 Å². The van der Waals surface area contributed by atoms with Crippen LogP contribution in [0.5, 0.6) is 5.75 Å². The molecule has 1 aromatic carbocycles. The molecular formula is C19H20Cl2N2O2. The van der Waals surface area contributed by atoms with Crippen molar-refractivity contribution >= 4 is 29.1 Å². The van der Waals surface area contributed by atoms with Crippen molar-refractivity contribution in [2.75, 3.05) is 13.1 Å². The molecule has 0 radical (unpaired) electrons. The number of aromatic nitrogens is 1. The van der Waals surface area contributed by atoms with Crippen molar-refractivity contribution < 1.29 is 9.53 Å². The Hall–Kier alpha value is -1.78. The Morgan fingerprint density at radius 2 is 1.92 bits per heavy atom. The van der Waals surface area contributed by atoms with E-state index in [9.17, 15) is 4.79 Å². The van der Waals surface area contributed by atoms with Crippen LogP contribution in [-0.2, 0) is 6.61 Å². The van der Waals surface area contributed by atoms with Crippen LogP contribution in [0.15, 0.2) is 36.7 Å². The van der Waals surface area contributed by atoms with Crippen LogP contribution >= 0.6 is 23.2 Å². The molecule has 132 valence electrons. The molecule has 1 aliphatic rings. The second-order valence-electron chi connectivity index (χ2n) is 6.40. The van der Waals surface area contributed by atoms with Crippen LogP contribution in [0.25, 0.3) is 0 Å². The van der Waals surface area contributed by atoms with Crippen molar-refractivity contribution in [1.29, 1.82) is 0 Å². The van der Waals surface area contributed by atoms with E-state index in [1.807, 2.05) is 11.0 Å². The fourth-order valence-electron chi connectivity index (χ4n) is 2.85. The maximum Gasteiger partial charge on any atom is 0.255 e. The highest BCUT2D eigenvalue weighted by atomic mass is 35.5. The van der Waals surface area contributed by atoms with E-state index in [-0.39, 0.29) is 12.5 Å². The normalized spacial score (nSPS) is 15.2. The summed E-state index contributed by atoms with van der Waals surface area (Å²) in [7, 11) is 0. The summed E-state index contributed by atoms with van der Waals surface area (Å²) in [5.41, 5.74) is 1.38. The molecule has 0 N–H and O–H groups in total. The number of rotatable bonds is 4. The first-order valence-corrected chi connectivity index (χ1v) is 9.10. The minimum Gasteiger partial charge on any atom is -0.486 e. The lowest BCUT2D eigenvalue weighted by molar-refractivity contribution is 0.0696. The second kappa shape index (κ2) is 8.07. The van der Waals surface area contributed by atoms with Gasteiger partial charge in [-0.3, -0.25) is 9.78 Å². The number of hydrogen-bond donors (Lipinski definition) is 0. The first-order chi connectivity index (χ1) is 12.0. The molecule has 2 heterocycles. The number of hydrogen-bond acceptors (Lipinski definition) is 3. The van der Waals surface area contributed by atoms with Crippen molar-refractivity contribution in [3.63, 3.8) is 0 Å². The number of likely N-dealkylation sites (tertiary alicyclic amines) is 1. The van der Waals surface area contributed by atoms with Crippen LogP contribution in [0.1, 0.15) is 35.7 Å². The number of amides is 1. The Labute approximate surface area is 157 Å². The maximum atomic E-state index is 12.6. The second-order valence-corrected chi connectivity index (χ2v) is 7.21. The maximum absolute atomic E-state index is 12.6. The average molecular weight is 379 g/mol. The van der Waals surface area contributed by atoms with Gasteiger partial charge in [-0.15, -0.1) is 0 Å². The molecule has 25 heavy (non-hydrogen) atoms. The minimum absolute atomic E-state index is 0.0250. The minimum atomic E-state index is 0.0250. The Kier molecular flexibility index (Phi) is 5.82. The zero-order chi connectivity index (χ0) is 17.8. The smallest absolute Gasteiger partial charge is 0.255 e. The van der Waals surface area contributed by atoms with Crippen molar-refractivity contribution in [3.8, 4) is 5.75 Å². The van der Waals surface area contributed by atoms with Gasteiger partial charge in [-0.25, -0.2) is 0 Å². The number of pyridine rings is 1. The highest BCUT2D eigenvalue weighted by Gasteiger charge is 2.21. The molecule has 2 aromatic rings. The van der Waals surface area contributed by atoms with Gasteiger partial charge in [0.1, 0.15) is 6.61 Å². The first kappa shape index (κ1) is 18.0. The molecule has 4 nitrogen and oxygen atoms in total.